The van der Waals surface area contributed by atoms with E-state index in [1.165, 1.54) is 6.20 Å². The molecular weight excluding hydrogens is 200 g/mol. The number of hydrogen-bond acceptors (Lipinski definition) is 5. The van der Waals surface area contributed by atoms with Crippen LogP contribution >= 0.6 is 11.8 Å². The number of hydrogen-bond donors (Lipinski definition) is 0. The quantitative estimate of drug-likeness (QED) is 0.576. The minimum Gasteiger partial charge on any atom is -0.365 e. The van der Waals surface area contributed by atoms with Crippen molar-refractivity contribution >= 4 is 29.5 Å². The van der Waals surface area contributed by atoms with E-state index in [1.54, 1.807) is 0 Å². The predicted octanol–water partition coefficient (Wildman–Crippen LogP) is 0.0992. The highest BCUT2D eigenvalue weighted by atomic mass is 32.2. The topological polar surface area (TPSA) is 49.7 Å². The molecule has 2 aliphatic rings. The first-order valence-corrected chi connectivity index (χ1v) is 5.59. The van der Waals surface area contributed by atoms with Gasteiger partial charge in [-0.2, -0.15) is 11.8 Å². The molecule has 0 N–H and O–H groups in total. The Morgan fingerprint density at radius 2 is 2.00 bits per heavy atom. The molecule has 14 heavy (non-hydrogen) atoms. The zero-order valence-corrected chi connectivity index (χ0v) is 8.42. The number of allylic oxidation sites excluding steroid dienone is 1. The monoisotopic (exact) mass is 210 g/mol. The standard InChI is InChI=1S/C9H10N2O2S/c12-8-6-10-5-7(9(8)13)11-1-3-14-4-2-11/h5-6H,1-4H2. The molecule has 2 rings (SSSR count). The molecular formula is C9H10N2O2S. The summed E-state index contributed by atoms with van der Waals surface area (Å²) in [4.78, 5) is 28.2. The van der Waals surface area contributed by atoms with Gasteiger partial charge in [0.1, 0.15) is 5.70 Å². The zero-order chi connectivity index (χ0) is 9.97. The molecule has 0 aromatic rings. The van der Waals surface area contributed by atoms with Crippen molar-refractivity contribution in [1.82, 2.24) is 4.90 Å². The molecule has 0 radical (unpaired) electrons. The molecule has 0 saturated carbocycles. The van der Waals surface area contributed by atoms with Crippen LogP contribution in [0.5, 0.6) is 0 Å². The van der Waals surface area contributed by atoms with Crippen LogP contribution in [0.1, 0.15) is 0 Å². The molecule has 2 heterocycles. The Hall–Kier alpha value is -1.10. The lowest BCUT2D eigenvalue weighted by Crippen LogP contribution is -2.38. The van der Waals surface area contributed by atoms with Crippen LogP contribution in [0.4, 0.5) is 0 Å². The normalized spacial score (nSPS) is 22.6. The van der Waals surface area contributed by atoms with Gasteiger partial charge in [-0.1, -0.05) is 0 Å². The van der Waals surface area contributed by atoms with E-state index in [4.69, 9.17) is 0 Å². The summed E-state index contributed by atoms with van der Waals surface area (Å²) in [5.74, 6) is 1.07. The number of carbonyl (C=O) groups is 2. The third kappa shape index (κ3) is 1.72. The first-order chi connectivity index (χ1) is 6.79. The van der Waals surface area contributed by atoms with Crippen LogP contribution in [0.25, 0.3) is 0 Å². The maximum absolute atomic E-state index is 11.5. The first-order valence-electron chi connectivity index (χ1n) is 4.44. The minimum absolute atomic E-state index is 0.424. The van der Waals surface area contributed by atoms with Gasteiger partial charge in [0.25, 0.3) is 5.78 Å². The van der Waals surface area contributed by atoms with Gasteiger partial charge < -0.3 is 4.90 Å². The summed E-state index contributed by atoms with van der Waals surface area (Å²) >= 11 is 1.86. The van der Waals surface area contributed by atoms with Gasteiger partial charge in [-0.3, -0.25) is 14.6 Å². The van der Waals surface area contributed by atoms with E-state index in [1.807, 2.05) is 16.7 Å². The molecule has 0 atom stereocenters. The second kappa shape index (κ2) is 3.96. The highest BCUT2D eigenvalue weighted by Gasteiger charge is 2.25. The van der Waals surface area contributed by atoms with Crippen LogP contribution in [0.3, 0.4) is 0 Å². The summed E-state index contributed by atoms with van der Waals surface area (Å²) in [5, 5.41) is 0. The highest BCUT2D eigenvalue weighted by molar-refractivity contribution is 7.99. The van der Waals surface area contributed by atoms with Gasteiger partial charge in [0.05, 0.1) is 12.4 Å². The largest absolute Gasteiger partial charge is 0.365 e. The number of rotatable bonds is 1. The van der Waals surface area contributed by atoms with E-state index >= 15 is 0 Å². The Bertz CT molecular complexity index is 330. The third-order valence-corrected chi connectivity index (χ3v) is 3.14. The Labute approximate surface area is 86.1 Å². The fourth-order valence-electron chi connectivity index (χ4n) is 1.45. The van der Waals surface area contributed by atoms with Gasteiger partial charge in [0, 0.05) is 24.6 Å². The van der Waals surface area contributed by atoms with Gasteiger partial charge in [0.2, 0.25) is 5.78 Å². The molecule has 0 aliphatic carbocycles. The molecule has 0 bridgehead atoms. The van der Waals surface area contributed by atoms with Crippen LogP contribution in [0.15, 0.2) is 16.9 Å². The van der Waals surface area contributed by atoms with Crippen molar-refractivity contribution in [3.8, 4) is 0 Å². The van der Waals surface area contributed by atoms with Crippen LogP contribution in [-0.2, 0) is 9.59 Å². The molecule has 0 unspecified atom stereocenters. The summed E-state index contributed by atoms with van der Waals surface area (Å²) in [6.07, 6.45) is 2.56. The second-order valence-corrected chi connectivity index (χ2v) is 4.31. The summed E-state index contributed by atoms with van der Waals surface area (Å²) in [7, 11) is 0. The molecule has 1 fully saturated rings. The average molecular weight is 210 g/mol. The van der Waals surface area contributed by atoms with Crippen LogP contribution < -0.4 is 0 Å². The third-order valence-electron chi connectivity index (χ3n) is 2.20. The SMILES string of the molecule is O=C1C=NC=C(N2CCSCC2)C1=O. The zero-order valence-electron chi connectivity index (χ0n) is 7.60. The summed E-state index contributed by atoms with van der Waals surface area (Å²) in [6.45, 7) is 1.65. The van der Waals surface area contributed by atoms with Gasteiger partial charge in [-0.15, -0.1) is 0 Å². The van der Waals surface area contributed by atoms with Crippen molar-refractivity contribution in [3.63, 3.8) is 0 Å². The number of nitrogens with zero attached hydrogens (tertiary/aromatic N) is 2. The van der Waals surface area contributed by atoms with E-state index in [0.717, 1.165) is 30.8 Å². The van der Waals surface area contributed by atoms with E-state index in [-0.39, 0.29) is 0 Å². The lowest BCUT2D eigenvalue weighted by Gasteiger charge is -2.29. The van der Waals surface area contributed by atoms with Crippen LogP contribution in [0, 0.1) is 0 Å². The average Bonchev–Trinajstić information content (AvgIpc) is 2.23. The van der Waals surface area contributed by atoms with Crippen LogP contribution in [0.2, 0.25) is 0 Å². The smallest absolute Gasteiger partial charge is 0.252 e. The van der Waals surface area contributed by atoms with Gasteiger partial charge in [-0.25, -0.2) is 0 Å². The molecule has 74 valence electrons. The number of Topliss-reactive ketones (excluding diaryl/α,β-unsaturated/α-hetero) is 2. The molecule has 5 heteroatoms. The van der Waals surface area contributed by atoms with E-state index in [0.29, 0.717) is 5.70 Å². The predicted molar refractivity (Wildman–Crippen MR) is 55.5 cm³/mol. The second-order valence-electron chi connectivity index (χ2n) is 3.09. The van der Waals surface area contributed by atoms with E-state index in [9.17, 15) is 9.59 Å². The number of ketones is 2. The fourth-order valence-corrected chi connectivity index (χ4v) is 2.35. The van der Waals surface area contributed by atoms with E-state index in [2.05, 4.69) is 4.99 Å². The fraction of sp³-hybridized carbons (Fsp3) is 0.444. The van der Waals surface area contributed by atoms with Gasteiger partial charge in [0.15, 0.2) is 0 Å². The minimum atomic E-state index is -0.513. The van der Waals surface area contributed by atoms with Crippen molar-refractivity contribution in [1.29, 1.82) is 0 Å². The molecule has 0 aromatic heterocycles. The first kappa shape index (κ1) is 9.45. The Morgan fingerprint density at radius 1 is 1.29 bits per heavy atom. The Balaban J connectivity index is 2.16. The van der Waals surface area contributed by atoms with Crippen molar-refractivity contribution in [3.05, 3.63) is 11.9 Å². The molecule has 0 spiro atoms. The van der Waals surface area contributed by atoms with E-state index < -0.39 is 11.6 Å². The lowest BCUT2D eigenvalue weighted by molar-refractivity contribution is -0.131. The number of thioether (sulfide) groups is 1. The number of carbonyl (C=O) groups excluding carboxylic acids is 2. The van der Waals surface area contributed by atoms with Gasteiger partial charge in [-0.05, 0) is 0 Å². The summed E-state index contributed by atoms with van der Waals surface area (Å²) in [6, 6.07) is 0. The summed E-state index contributed by atoms with van der Waals surface area (Å²) < 4.78 is 0. The van der Waals surface area contributed by atoms with Crippen molar-refractivity contribution in [2.75, 3.05) is 24.6 Å². The molecule has 0 aromatic carbocycles. The molecule has 1 saturated heterocycles. The van der Waals surface area contributed by atoms with Crippen molar-refractivity contribution in [2.45, 2.75) is 0 Å². The van der Waals surface area contributed by atoms with Crippen LogP contribution in [-0.4, -0.2) is 47.3 Å². The van der Waals surface area contributed by atoms with Gasteiger partial charge >= 0.3 is 0 Å². The molecule has 2 aliphatic heterocycles. The lowest BCUT2D eigenvalue weighted by atomic mass is 10.1. The Morgan fingerprint density at radius 3 is 2.71 bits per heavy atom. The Kier molecular flexibility index (Phi) is 2.67. The molecule has 0 amide bonds. The van der Waals surface area contributed by atoms with Crippen molar-refractivity contribution in [2.24, 2.45) is 4.99 Å². The summed E-state index contributed by atoms with van der Waals surface area (Å²) in [5.41, 5.74) is 0.456. The van der Waals surface area contributed by atoms with Crippen molar-refractivity contribution < 1.29 is 9.59 Å². The number of aliphatic imine (C=N–C) groups is 1. The molecule has 4 nitrogen and oxygen atoms in total. The maximum Gasteiger partial charge on any atom is 0.252 e. The maximum atomic E-state index is 11.5. The highest BCUT2D eigenvalue weighted by Crippen LogP contribution is 2.16.